The molecule has 7 heteroatoms. The maximum Gasteiger partial charge on any atom is 0.222 e. The molecular formula is C17H25FN2O3S. The molecule has 1 aliphatic heterocycles. The Hall–Kier alpha value is -1.47. The highest BCUT2D eigenvalue weighted by Gasteiger charge is 2.27. The van der Waals surface area contributed by atoms with Crippen molar-refractivity contribution < 1.29 is 17.6 Å². The number of amides is 1. The van der Waals surface area contributed by atoms with E-state index in [4.69, 9.17) is 0 Å². The average Bonchev–Trinajstić information content (AvgIpc) is 2.75. The van der Waals surface area contributed by atoms with E-state index in [1.54, 1.807) is 4.90 Å². The van der Waals surface area contributed by atoms with E-state index in [-0.39, 0.29) is 17.5 Å². The fraction of sp³-hybridized carbons (Fsp3) is 0.588. The average molecular weight is 356 g/mol. The second kappa shape index (κ2) is 8.07. The van der Waals surface area contributed by atoms with Gasteiger partial charge in [0.15, 0.2) is 0 Å². The van der Waals surface area contributed by atoms with Crippen molar-refractivity contribution >= 4 is 15.9 Å². The van der Waals surface area contributed by atoms with Gasteiger partial charge >= 0.3 is 0 Å². The number of rotatable bonds is 5. The summed E-state index contributed by atoms with van der Waals surface area (Å²) in [6.07, 6.45) is 1.12. The molecule has 5 nitrogen and oxygen atoms in total. The van der Waals surface area contributed by atoms with Gasteiger partial charge in [0, 0.05) is 32.6 Å². The molecule has 0 unspecified atom stereocenters. The molecule has 0 atom stereocenters. The van der Waals surface area contributed by atoms with Crippen molar-refractivity contribution in [1.82, 2.24) is 9.21 Å². The van der Waals surface area contributed by atoms with Crippen LogP contribution in [-0.2, 0) is 20.6 Å². The number of benzene rings is 1. The Labute approximate surface area is 143 Å². The lowest BCUT2D eigenvalue weighted by Crippen LogP contribution is -2.38. The minimum absolute atomic E-state index is 0.0859. The molecule has 1 amide bonds. The minimum Gasteiger partial charge on any atom is -0.341 e. The highest BCUT2D eigenvalue weighted by atomic mass is 32.2. The van der Waals surface area contributed by atoms with E-state index < -0.39 is 10.0 Å². The molecule has 1 aromatic rings. The summed E-state index contributed by atoms with van der Waals surface area (Å²) in [6.45, 7) is 5.73. The Morgan fingerprint density at radius 2 is 1.79 bits per heavy atom. The normalized spacial score (nSPS) is 17.1. The molecule has 0 saturated carbocycles. The third kappa shape index (κ3) is 5.27. The van der Waals surface area contributed by atoms with Crippen LogP contribution in [0.2, 0.25) is 0 Å². The fourth-order valence-corrected chi connectivity index (χ4v) is 4.35. The number of carbonyl (C=O) groups excluding carboxylic acids is 1. The molecule has 134 valence electrons. The molecule has 0 N–H and O–H groups in total. The van der Waals surface area contributed by atoms with Crippen LogP contribution in [0, 0.1) is 11.7 Å². The van der Waals surface area contributed by atoms with E-state index in [9.17, 15) is 17.6 Å². The van der Waals surface area contributed by atoms with Gasteiger partial charge in [0.25, 0.3) is 0 Å². The van der Waals surface area contributed by atoms with E-state index in [1.165, 1.54) is 28.6 Å². The summed E-state index contributed by atoms with van der Waals surface area (Å²) in [5.74, 6) is -0.153. The molecule has 0 aromatic heterocycles. The summed E-state index contributed by atoms with van der Waals surface area (Å²) in [5.41, 5.74) is 0.563. The second-order valence-corrected chi connectivity index (χ2v) is 8.58. The molecule has 1 aliphatic rings. The molecule has 2 rings (SSSR count). The topological polar surface area (TPSA) is 57.7 Å². The number of hydrogen-bond donors (Lipinski definition) is 0. The number of sulfonamides is 1. The molecule has 0 bridgehead atoms. The maximum absolute atomic E-state index is 12.9. The number of hydrogen-bond acceptors (Lipinski definition) is 3. The quantitative estimate of drug-likeness (QED) is 0.813. The van der Waals surface area contributed by atoms with Crippen LogP contribution in [0.25, 0.3) is 0 Å². The van der Waals surface area contributed by atoms with Crippen LogP contribution in [0.3, 0.4) is 0 Å². The van der Waals surface area contributed by atoms with Gasteiger partial charge in [-0.3, -0.25) is 4.79 Å². The van der Waals surface area contributed by atoms with Crippen LogP contribution >= 0.6 is 0 Å². The fourth-order valence-electron chi connectivity index (χ4n) is 2.78. The second-order valence-electron chi connectivity index (χ2n) is 6.61. The Kier molecular flexibility index (Phi) is 6.34. The predicted octanol–water partition coefficient (Wildman–Crippen LogP) is 2.24. The van der Waals surface area contributed by atoms with E-state index in [2.05, 4.69) is 0 Å². The van der Waals surface area contributed by atoms with Crippen LogP contribution in [0.1, 0.15) is 32.3 Å². The Morgan fingerprint density at radius 3 is 2.42 bits per heavy atom. The van der Waals surface area contributed by atoms with Crippen molar-refractivity contribution in [3.8, 4) is 0 Å². The van der Waals surface area contributed by atoms with Gasteiger partial charge in [-0.05, 0) is 30.0 Å². The zero-order valence-electron chi connectivity index (χ0n) is 14.2. The van der Waals surface area contributed by atoms with E-state index >= 15 is 0 Å². The standard InChI is InChI=1S/C17H25FN2O3S/c1-14(2)12-17(21)19-8-3-9-20(11-10-19)24(22,23)13-15-4-6-16(18)7-5-15/h4-7,14H,3,8-13H2,1-2H3. The van der Waals surface area contributed by atoms with E-state index in [1.807, 2.05) is 13.8 Å². The van der Waals surface area contributed by atoms with Crippen LogP contribution in [-0.4, -0.2) is 49.7 Å². The van der Waals surface area contributed by atoms with Gasteiger partial charge < -0.3 is 4.90 Å². The van der Waals surface area contributed by atoms with Crippen LogP contribution in [0.5, 0.6) is 0 Å². The van der Waals surface area contributed by atoms with Gasteiger partial charge in [-0.2, -0.15) is 4.31 Å². The molecule has 0 aliphatic carbocycles. The van der Waals surface area contributed by atoms with Gasteiger partial charge in [0.1, 0.15) is 5.82 Å². The first-order chi connectivity index (χ1) is 11.3. The van der Waals surface area contributed by atoms with Gasteiger partial charge in [0.05, 0.1) is 5.75 Å². The van der Waals surface area contributed by atoms with Gasteiger partial charge in [-0.1, -0.05) is 26.0 Å². The lowest BCUT2D eigenvalue weighted by atomic mass is 10.1. The first-order valence-electron chi connectivity index (χ1n) is 8.28. The lowest BCUT2D eigenvalue weighted by Gasteiger charge is -2.22. The largest absolute Gasteiger partial charge is 0.341 e. The zero-order valence-corrected chi connectivity index (χ0v) is 15.1. The van der Waals surface area contributed by atoms with E-state index in [0.29, 0.717) is 50.5 Å². The van der Waals surface area contributed by atoms with Gasteiger partial charge in [-0.15, -0.1) is 0 Å². The summed E-state index contributed by atoms with van der Waals surface area (Å²) in [6, 6.07) is 5.51. The molecule has 1 saturated heterocycles. The van der Waals surface area contributed by atoms with Crippen molar-refractivity contribution in [1.29, 1.82) is 0 Å². The summed E-state index contributed by atoms with van der Waals surface area (Å²) in [7, 11) is -3.47. The predicted molar refractivity (Wildman–Crippen MR) is 91.2 cm³/mol. The third-order valence-corrected chi connectivity index (χ3v) is 5.90. The summed E-state index contributed by atoms with van der Waals surface area (Å²) in [5, 5.41) is 0. The number of nitrogens with zero attached hydrogens (tertiary/aromatic N) is 2. The molecule has 1 heterocycles. The van der Waals surface area contributed by atoms with Crippen molar-refractivity contribution in [3.05, 3.63) is 35.6 Å². The summed E-state index contributed by atoms with van der Waals surface area (Å²) < 4.78 is 39.5. The van der Waals surface area contributed by atoms with Crippen LogP contribution in [0.15, 0.2) is 24.3 Å². The smallest absolute Gasteiger partial charge is 0.222 e. The van der Waals surface area contributed by atoms with Crippen molar-refractivity contribution in [2.75, 3.05) is 26.2 Å². The molecule has 1 fully saturated rings. The van der Waals surface area contributed by atoms with Crippen LogP contribution in [0.4, 0.5) is 4.39 Å². The SMILES string of the molecule is CC(C)CC(=O)N1CCCN(S(=O)(=O)Cc2ccc(F)cc2)CC1. The number of halogens is 1. The molecule has 0 radical (unpaired) electrons. The van der Waals surface area contributed by atoms with Gasteiger partial charge in [-0.25, -0.2) is 12.8 Å². The highest BCUT2D eigenvalue weighted by Crippen LogP contribution is 2.15. The lowest BCUT2D eigenvalue weighted by molar-refractivity contribution is -0.131. The van der Waals surface area contributed by atoms with E-state index in [0.717, 1.165) is 0 Å². The summed E-state index contributed by atoms with van der Waals surface area (Å²) in [4.78, 5) is 13.9. The Morgan fingerprint density at radius 1 is 1.12 bits per heavy atom. The van der Waals surface area contributed by atoms with Crippen molar-refractivity contribution in [3.63, 3.8) is 0 Å². The first-order valence-corrected chi connectivity index (χ1v) is 9.89. The van der Waals surface area contributed by atoms with Crippen LogP contribution < -0.4 is 0 Å². The van der Waals surface area contributed by atoms with Gasteiger partial charge in [0.2, 0.25) is 15.9 Å². The third-order valence-electron chi connectivity index (χ3n) is 4.05. The Balaban J connectivity index is 1.99. The first kappa shape index (κ1) is 18.9. The minimum atomic E-state index is -3.47. The molecule has 0 spiro atoms. The highest BCUT2D eigenvalue weighted by molar-refractivity contribution is 7.88. The molecular weight excluding hydrogens is 331 g/mol. The monoisotopic (exact) mass is 356 g/mol. The number of carbonyl (C=O) groups is 1. The zero-order chi connectivity index (χ0) is 17.7. The molecule has 24 heavy (non-hydrogen) atoms. The maximum atomic E-state index is 12.9. The summed E-state index contributed by atoms with van der Waals surface area (Å²) >= 11 is 0. The van der Waals surface area contributed by atoms with Crippen molar-refractivity contribution in [2.24, 2.45) is 5.92 Å². The Bertz CT molecular complexity index is 659. The molecule has 1 aromatic carbocycles. The van der Waals surface area contributed by atoms with Crippen molar-refractivity contribution in [2.45, 2.75) is 32.4 Å².